The first-order chi connectivity index (χ1) is 9.37. The molecule has 2 atom stereocenters. The van der Waals surface area contributed by atoms with Crippen LogP contribution in [-0.4, -0.2) is 17.6 Å². The van der Waals surface area contributed by atoms with E-state index in [1.165, 1.54) is 19.0 Å². The fourth-order valence-electron chi connectivity index (χ4n) is 3.29. The minimum Gasteiger partial charge on any atom is -0.314 e. The van der Waals surface area contributed by atoms with Gasteiger partial charge in [-0.25, -0.2) is 4.39 Å². The van der Waals surface area contributed by atoms with E-state index in [4.69, 9.17) is 0 Å². The van der Waals surface area contributed by atoms with E-state index in [1.54, 1.807) is 6.07 Å². The zero-order valence-electron chi connectivity index (χ0n) is 13.1. The number of aromatic nitrogens is 1. The zero-order chi connectivity index (χ0) is 14.8. The van der Waals surface area contributed by atoms with Crippen LogP contribution >= 0.6 is 0 Å². The van der Waals surface area contributed by atoms with Crippen molar-refractivity contribution in [3.63, 3.8) is 0 Å². The van der Waals surface area contributed by atoms with Crippen molar-refractivity contribution in [1.82, 2.24) is 10.3 Å². The van der Waals surface area contributed by atoms with Gasteiger partial charge in [-0.15, -0.1) is 0 Å². The van der Waals surface area contributed by atoms with Crippen LogP contribution in [0.3, 0.4) is 0 Å². The molecule has 0 aromatic carbocycles. The normalized spacial score (nSPS) is 25.9. The van der Waals surface area contributed by atoms with Gasteiger partial charge < -0.3 is 5.32 Å². The van der Waals surface area contributed by atoms with E-state index >= 15 is 0 Å². The number of nitrogens with zero attached hydrogens (tertiary/aromatic N) is 1. The molecule has 2 unspecified atom stereocenters. The summed E-state index contributed by atoms with van der Waals surface area (Å²) >= 11 is 0. The second kappa shape index (κ2) is 6.21. The number of rotatable bonds is 4. The number of hydrogen-bond acceptors (Lipinski definition) is 2. The van der Waals surface area contributed by atoms with E-state index in [9.17, 15) is 4.39 Å². The molecule has 0 aliphatic heterocycles. The Labute approximate surface area is 122 Å². The highest BCUT2D eigenvalue weighted by Gasteiger charge is 2.35. The minimum absolute atomic E-state index is 0.221. The van der Waals surface area contributed by atoms with Crippen LogP contribution in [0, 0.1) is 17.2 Å². The Morgan fingerprint density at radius 1 is 1.40 bits per heavy atom. The molecule has 1 N–H and O–H groups in total. The van der Waals surface area contributed by atoms with E-state index in [1.807, 2.05) is 6.20 Å². The standard InChI is InChI=1S/C17H27FN2/c1-12(2)20-10-13-5-6-17(3,4)8-16(13)14-7-15(18)11-19-9-14/h7,9,11-13,16,20H,5-6,8,10H2,1-4H3. The van der Waals surface area contributed by atoms with Gasteiger partial charge in [0.2, 0.25) is 0 Å². The first kappa shape index (κ1) is 15.4. The first-order valence-electron chi connectivity index (χ1n) is 7.71. The van der Waals surface area contributed by atoms with Crippen LogP contribution in [0.5, 0.6) is 0 Å². The predicted molar refractivity (Wildman–Crippen MR) is 81.2 cm³/mol. The van der Waals surface area contributed by atoms with Crippen molar-refractivity contribution in [2.75, 3.05) is 6.54 Å². The molecule has 1 heterocycles. The van der Waals surface area contributed by atoms with Crippen LogP contribution in [0.4, 0.5) is 4.39 Å². The van der Waals surface area contributed by atoms with Gasteiger partial charge in [0.1, 0.15) is 5.82 Å². The lowest BCUT2D eigenvalue weighted by Gasteiger charge is -2.41. The Morgan fingerprint density at radius 2 is 2.15 bits per heavy atom. The van der Waals surface area contributed by atoms with Gasteiger partial charge in [-0.1, -0.05) is 27.7 Å². The summed E-state index contributed by atoms with van der Waals surface area (Å²) in [6, 6.07) is 2.16. The van der Waals surface area contributed by atoms with Gasteiger partial charge in [-0.2, -0.15) is 0 Å². The van der Waals surface area contributed by atoms with Gasteiger partial charge in [-0.05, 0) is 54.7 Å². The summed E-state index contributed by atoms with van der Waals surface area (Å²) in [6.07, 6.45) is 6.70. The van der Waals surface area contributed by atoms with Gasteiger partial charge in [0.25, 0.3) is 0 Å². The highest BCUT2D eigenvalue weighted by atomic mass is 19.1. The maximum Gasteiger partial charge on any atom is 0.141 e. The first-order valence-corrected chi connectivity index (χ1v) is 7.71. The molecule has 0 amide bonds. The van der Waals surface area contributed by atoms with Gasteiger partial charge >= 0.3 is 0 Å². The molecule has 2 rings (SSSR count). The third-order valence-corrected chi connectivity index (χ3v) is 4.48. The van der Waals surface area contributed by atoms with Gasteiger partial charge in [0.15, 0.2) is 0 Å². The second-order valence-corrected chi connectivity index (χ2v) is 7.27. The van der Waals surface area contributed by atoms with Crippen LogP contribution in [0.15, 0.2) is 18.5 Å². The highest BCUT2D eigenvalue weighted by Crippen LogP contribution is 2.46. The Kier molecular flexibility index (Phi) is 4.79. The smallest absolute Gasteiger partial charge is 0.141 e. The topological polar surface area (TPSA) is 24.9 Å². The summed E-state index contributed by atoms with van der Waals surface area (Å²) < 4.78 is 13.5. The molecule has 2 nitrogen and oxygen atoms in total. The molecular weight excluding hydrogens is 251 g/mol. The molecule has 1 saturated carbocycles. The van der Waals surface area contributed by atoms with Gasteiger partial charge in [0, 0.05) is 12.2 Å². The van der Waals surface area contributed by atoms with Gasteiger partial charge in [-0.3, -0.25) is 4.98 Å². The largest absolute Gasteiger partial charge is 0.314 e. The van der Waals surface area contributed by atoms with Crippen LogP contribution in [0.1, 0.15) is 58.4 Å². The van der Waals surface area contributed by atoms with Crippen LogP contribution < -0.4 is 5.32 Å². The SMILES string of the molecule is CC(C)NCC1CCC(C)(C)CC1c1cncc(F)c1. The predicted octanol–water partition coefficient (Wildman–Crippen LogP) is 4.13. The molecule has 20 heavy (non-hydrogen) atoms. The van der Waals surface area contributed by atoms with Crippen LogP contribution in [0.25, 0.3) is 0 Å². The number of halogens is 1. The van der Waals surface area contributed by atoms with Crippen molar-refractivity contribution < 1.29 is 4.39 Å². The third-order valence-electron chi connectivity index (χ3n) is 4.48. The molecular formula is C17H27FN2. The summed E-state index contributed by atoms with van der Waals surface area (Å²) in [7, 11) is 0. The van der Waals surface area contributed by atoms with Crippen molar-refractivity contribution in [1.29, 1.82) is 0 Å². The second-order valence-electron chi connectivity index (χ2n) is 7.27. The molecule has 1 fully saturated rings. The van der Waals surface area contributed by atoms with Gasteiger partial charge in [0.05, 0.1) is 6.20 Å². The van der Waals surface area contributed by atoms with Crippen molar-refractivity contribution in [3.05, 3.63) is 29.8 Å². The quantitative estimate of drug-likeness (QED) is 0.895. The Hall–Kier alpha value is -0.960. The van der Waals surface area contributed by atoms with E-state index in [-0.39, 0.29) is 5.82 Å². The molecule has 1 aliphatic rings. The fraction of sp³-hybridized carbons (Fsp3) is 0.706. The summed E-state index contributed by atoms with van der Waals surface area (Å²) in [4.78, 5) is 4.04. The molecule has 1 aromatic rings. The van der Waals surface area contributed by atoms with E-state index in [0.29, 0.717) is 23.3 Å². The molecule has 0 radical (unpaired) electrons. The molecule has 0 saturated heterocycles. The molecule has 3 heteroatoms. The molecule has 1 aromatic heterocycles. The summed E-state index contributed by atoms with van der Waals surface area (Å²) in [5.41, 5.74) is 1.40. The summed E-state index contributed by atoms with van der Waals surface area (Å²) in [6.45, 7) is 9.99. The maximum absolute atomic E-state index is 13.5. The lowest BCUT2D eigenvalue weighted by molar-refractivity contribution is 0.157. The lowest BCUT2D eigenvalue weighted by atomic mass is 9.65. The van der Waals surface area contributed by atoms with Crippen LogP contribution in [0.2, 0.25) is 0 Å². The van der Waals surface area contributed by atoms with Crippen molar-refractivity contribution in [3.8, 4) is 0 Å². The minimum atomic E-state index is -0.221. The Bertz CT molecular complexity index is 440. The molecule has 1 aliphatic carbocycles. The number of pyridine rings is 1. The van der Waals surface area contributed by atoms with Crippen molar-refractivity contribution in [2.45, 2.75) is 58.9 Å². The molecule has 112 valence electrons. The van der Waals surface area contributed by atoms with Crippen LogP contribution in [-0.2, 0) is 0 Å². The van der Waals surface area contributed by atoms with E-state index in [2.05, 4.69) is 38.0 Å². The third kappa shape index (κ3) is 4.02. The zero-order valence-corrected chi connectivity index (χ0v) is 13.1. The Morgan fingerprint density at radius 3 is 2.80 bits per heavy atom. The van der Waals surface area contributed by atoms with Crippen molar-refractivity contribution in [2.24, 2.45) is 11.3 Å². The summed E-state index contributed by atoms with van der Waals surface area (Å²) in [5, 5.41) is 3.54. The summed E-state index contributed by atoms with van der Waals surface area (Å²) in [5.74, 6) is 0.767. The van der Waals surface area contributed by atoms with E-state index < -0.39 is 0 Å². The monoisotopic (exact) mass is 278 g/mol. The maximum atomic E-state index is 13.5. The average Bonchev–Trinajstić information content (AvgIpc) is 2.36. The van der Waals surface area contributed by atoms with Crippen molar-refractivity contribution >= 4 is 0 Å². The highest BCUT2D eigenvalue weighted by molar-refractivity contribution is 5.18. The van der Waals surface area contributed by atoms with E-state index in [0.717, 1.165) is 18.5 Å². The lowest BCUT2D eigenvalue weighted by Crippen LogP contribution is -2.37. The molecule has 0 bridgehead atoms. The molecule has 0 spiro atoms. The number of hydrogen-bond donors (Lipinski definition) is 1. The average molecular weight is 278 g/mol. The fourth-order valence-corrected chi connectivity index (χ4v) is 3.29. The number of nitrogens with one attached hydrogen (secondary N) is 1. The Balaban J connectivity index is 2.17.